The Labute approximate surface area is 336 Å². The van der Waals surface area contributed by atoms with Crippen LogP contribution in [-0.4, -0.2) is 23.1 Å². The second-order valence-electron chi connectivity index (χ2n) is 15.9. The normalized spacial score (nSPS) is 12.6. The predicted octanol–water partition coefficient (Wildman–Crippen LogP) is 16.7. The first-order chi connectivity index (χ1) is 26.6. The van der Waals surface area contributed by atoms with Crippen LogP contribution in [0.25, 0.3) is 0 Å². The van der Waals surface area contributed by atoms with Crippen molar-refractivity contribution >= 4 is 11.9 Å². The number of esters is 1. The molecule has 1 unspecified atom stereocenters. The largest absolute Gasteiger partial charge is 0.481 e. The summed E-state index contributed by atoms with van der Waals surface area (Å²) < 4.78 is 6.04. The Kier molecular flexibility index (Phi) is 43.5. The van der Waals surface area contributed by atoms with Gasteiger partial charge in [0.2, 0.25) is 0 Å². The zero-order chi connectivity index (χ0) is 39.3. The molecule has 0 aliphatic rings. The summed E-state index contributed by atoms with van der Waals surface area (Å²) in [5.74, 6) is -0.698. The molecule has 0 radical (unpaired) electrons. The van der Waals surface area contributed by atoms with Gasteiger partial charge in [-0.3, -0.25) is 9.59 Å². The van der Waals surface area contributed by atoms with Gasteiger partial charge in [0, 0.05) is 12.8 Å². The minimum absolute atomic E-state index is 0.00132. The van der Waals surface area contributed by atoms with E-state index in [1.54, 1.807) is 0 Å². The number of unbranched alkanes of at least 4 members (excludes halogenated alkanes) is 26. The van der Waals surface area contributed by atoms with Gasteiger partial charge in [-0.1, -0.05) is 210 Å². The van der Waals surface area contributed by atoms with Crippen LogP contribution < -0.4 is 0 Å². The minimum Gasteiger partial charge on any atom is -0.481 e. The molecule has 0 heterocycles. The van der Waals surface area contributed by atoms with E-state index >= 15 is 0 Å². The molecule has 0 saturated carbocycles. The molecule has 0 aliphatic heterocycles. The SMILES string of the molecule is CC/C=C\C/C=C\C/C=C\C/C=C\CCCCCCCCCCCCC(=O)OC(CCCCCCCCCCCCCCC)CCCCCCCC(=O)O. The van der Waals surface area contributed by atoms with Crippen LogP contribution in [0.4, 0.5) is 0 Å². The molecule has 0 saturated heterocycles. The summed E-state index contributed by atoms with van der Waals surface area (Å²) in [4.78, 5) is 23.5. The van der Waals surface area contributed by atoms with Crippen molar-refractivity contribution in [3.8, 4) is 0 Å². The smallest absolute Gasteiger partial charge is 0.306 e. The standard InChI is InChI=1S/C50H90O4/c1-3-5-7-9-11-13-15-17-18-19-20-21-22-23-24-25-26-28-30-32-34-39-43-47-50(53)54-48(45-41-37-35-38-42-46-49(51)52)44-40-36-33-31-29-27-16-14-12-10-8-6-4-2/h5,7,11,13,17-18,20-21,48H,3-4,6,8-10,12,14-16,19,22-47H2,1-2H3,(H,51,52)/b7-5-,13-11-,18-17-,21-20-. The lowest BCUT2D eigenvalue weighted by atomic mass is 10.0. The molecule has 4 nitrogen and oxygen atoms in total. The van der Waals surface area contributed by atoms with Gasteiger partial charge in [0.1, 0.15) is 6.10 Å². The van der Waals surface area contributed by atoms with Crippen molar-refractivity contribution in [2.24, 2.45) is 0 Å². The molecule has 314 valence electrons. The second-order valence-corrected chi connectivity index (χ2v) is 15.9. The minimum atomic E-state index is -0.699. The molecule has 0 fully saturated rings. The number of carbonyl (C=O) groups excluding carboxylic acids is 1. The quantitative estimate of drug-likeness (QED) is 0.0382. The van der Waals surface area contributed by atoms with Crippen molar-refractivity contribution in [1.82, 2.24) is 0 Å². The number of carboxylic acids is 1. The van der Waals surface area contributed by atoms with Crippen molar-refractivity contribution in [2.75, 3.05) is 0 Å². The van der Waals surface area contributed by atoms with E-state index in [2.05, 4.69) is 62.5 Å². The number of aliphatic carboxylic acids is 1. The molecule has 0 amide bonds. The van der Waals surface area contributed by atoms with Gasteiger partial charge >= 0.3 is 11.9 Å². The number of hydrogen-bond acceptors (Lipinski definition) is 3. The fraction of sp³-hybridized carbons (Fsp3) is 0.800. The third kappa shape index (κ3) is 44.3. The van der Waals surface area contributed by atoms with Crippen LogP contribution in [0.5, 0.6) is 0 Å². The van der Waals surface area contributed by atoms with Crippen molar-refractivity contribution in [3.63, 3.8) is 0 Å². The van der Waals surface area contributed by atoms with E-state index in [-0.39, 0.29) is 18.5 Å². The molecule has 1 atom stereocenters. The van der Waals surface area contributed by atoms with Gasteiger partial charge in [0.05, 0.1) is 0 Å². The van der Waals surface area contributed by atoms with Gasteiger partial charge in [-0.25, -0.2) is 0 Å². The number of carboxylic acid groups (broad SMARTS) is 1. The van der Waals surface area contributed by atoms with E-state index in [1.165, 1.54) is 135 Å². The summed E-state index contributed by atoms with van der Waals surface area (Å²) in [6.07, 6.45) is 61.5. The van der Waals surface area contributed by atoms with Crippen LogP contribution in [0.15, 0.2) is 48.6 Å². The van der Waals surface area contributed by atoms with Crippen molar-refractivity contribution in [3.05, 3.63) is 48.6 Å². The maximum atomic E-state index is 12.8. The second kappa shape index (κ2) is 45.3. The third-order valence-corrected chi connectivity index (χ3v) is 10.6. The first-order valence-corrected chi connectivity index (χ1v) is 23.6. The average molecular weight is 755 g/mol. The van der Waals surface area contributed by atoms with Gasteiger partial charge < -0.3 is 9.84 Å². The molecule has 0 aliphatic carbocycles. The van der Waals surface area contributed by atoms with E-state index < -0.39 is 5.97 Å². The summed E-state index contributed by atoms with van der Waals surface area (Å²) in [5, 5.41) is 8.85. The number of rotatable bonds is 43. The third-order valence-electron chi connectivity index (χ3n) is 10.6. The highest BCUT2D eigenvalue weighted by Gasteiger charge is 2.14. The van der Waals surface area contributed by atoms with Gasteiger partial charge in [-0.15, -0.1) is 0 Å². The molecule has 1 N–H and O–H groups in total. The monoisotopic (exact) mass is 755 g/mol. The Bertz CT molecular complexity index is 900. The van der Waals surface area contributed by atoms with Crippen LogP contribution in [0.3, 0.4) is 0 Å². The molecular weight excluding hydrogens is 665 g/mol. The summed E-state index contributed by atoms with van der Waals surface area (Å²) in [6.45, 7) is 4.45. The number of hydrogen-bond donors (Lipinski definition) is 1. The van der Waals surface area contributed by atoms with Crippen molar-refractivity contribution in [1.29, 1.82) is 0 Å². The average Bonchev–Trinajstić information content (AvgIpc) is 3.16. The van der Waals surface area contributed by atoms with Crippen LogP contribution in [0, 0.1) is 0 Å². The lowest BCUT2D eigenvalue weighted by Gasteiger charge is -2.18. The number of carbonyl (C=O) groups is 2. The first kappa shape index (κ1) is 51.9. The van der Waals surface area contributed by atoms with Crippen LogP contribution >= 0.6 is 0 Å². The predicted molar refractivity (Wildman–Crippen MR) is 236 cm³/mol. The van der Waals surface area contributed by atoms with Gasteiger partial charge in [-0.2, -0.15) is 0 Å². The zero-order valence-corrected chi connectivity index (χ0v) is 36.0. The maximum absolute atomic E-state index is 12.8. The maximum Gasteiger partial charge on any atom is 0.306 e. The summed E-state index contributed by atoms with van der Waals surface area (Å²) in [5.41, 5.74) is 0. The Balaban J connectivity index is 3.93. The van der Waals surface area contributed by atoms with E-state index in [0.29, 0.717) is 6.42 Å². The van der Waals surface area contributed by atoms with E-state index in [1.807, 2.05) is 0 Å². The Morgan fingerprint density at radius 1 is 0.426 bits per heavy atom. The lowest BCUT2D eigenvalue weighted by Crippen LogP contribution is -2.18. The lowest BCUT2D eigenvalue weighted by molar-refractivity contribution is -0.150. The number of allylic oxidation sites excluding steroid dienone is 8. The molecule has 4 heteroatoms. The van der Waals surface area contributed by atoms with Gasteiger partial charge in [-0.05, 0) is 77.0 Å². The summed E-state index contributed by atoms with van der Waals surface area (Å²) in [6, 6.07) is 0. The Hall–Kier alpha value is -2.10. The van der Waals surface area contributed by atoms with Crippen molar-refractivity contribution in [2.45, 2.75) is 258 Å². The molecule has 0 bridgehead atoms. The van der Waals surface area contributed by atoms with E-state index in [4.69, 9.17) is 9.84 Å². The molecular formula is C50H90O4. The van der Waals surface area contributed by atoms with Crippen molar-refractivity contribution < 1.29 is 19.4 Å². The fourth-order valence-corrected chi connectivity index (χ4v) is 7.12. The Morgan fingerprint density at radius 2 is 0.778 bits per heavy atom. The summed E-state index contributed by atoms with van der Waals surface area (Å²) in [7, 11) is 0. The highest BCUT2D eigenvalue weighted by Crippen LogP contribution is 2.19. The summed E-state index contributed by atoms with van der Waals surface area (Å²) >= 11 is 0. The van der Waals surface area contributed by atoms with Gasteiger partial charge in [0.15, 0.2) is 0 Å². The highest BCUT2D eigenvalue weighted by molar-refractivity contribution is 5.69. The van der Waals surface area contributed by atoms with Crippen LogP contribution in [0.1, 0.15) is 251 Å². The Morgan fingerprint density at radius 3 is 1.20 bits per heavy atom. The zero-order valence-electron chi connectivity index (χ0n) is 36.0. The topological polar surface area (TPSA) is 63.6 Å². The van der Waals surface area contributed by atoms with E-state index in [9.17, 15) is 9.59 Å². The fourth-order valence-electron chi connectivity index (χ4n) is 7.12. The van der Waals surface area contributed by atoms with Gasteiger partial charge in [0.25, 0.3) is 0 Å². The van der Waals surface area contributed by atoms with Crippen LogP contribution in [-0.2, 0) is 14.3 Å². The molecule has 0 aromatic rings. The van der Waals surface area contributed by atoms with E-state index in [0.717, 1.165) is 89.9 Å². The molecule has 54 heavy (non-hydrogen) atoms. The highest BCUT2D eigenvalue weighted by atomic mass is 16.5. The first-order valence-electron chi connectivity index (χ1n) is 23.6. The molecule has 0 rings (SSSR count). The number of ether oxygens (including phenoxy) is 1. The molecule has 0 spiro atoms. The molecule has 0 aromatic heterocycles. The molecule has 0 aromatic carbocycles. The van der Waals surface area contributed by atoms with Crippen LogP contribution in [0.2, 0.25) is 0 Å².